The lowest BCUT2D eigenvalue weighted by Crippen LogP contribution is -2.42. The molecular weight excluding hydrogens is 266 g/mol. The Balaban J connectivity index is 1.42. The van der Waals surface area contributed by atoms with Crippen molar-refractivity contribution < 1.29 is 9.53 Å². The number of likely N-dealkylation sites (tertiary alicyclic amines) is 1. The van der Waals surface area contributed by atoms with Crippen LogP contribution in [0.2, 0.25) is 0 Å². The molecule has 3 rings (SSSR count). The van der Waals surface area contributed by atoms with Gasteiger partial charge in [0, 0.05) is 38.0 Å². The highest BCUT2D eigenvalue weighted by Gasteiger charge is 2.26. The standard InChI is InChI=1S/C16H23N3O2/c20-16(17-11-15-7-4-10-21-15)19-9-8-14(12-19)18-13-5-2-1-3-6-13/h1-3,5-6,14-15,18H,4,7-12H2,(H,17,20). The first-order valence-electron chi connectivity index (χ1n) is 7.77. The van der Waals surface area contributed by atoms with Crippen molar-refractivity contribution in [3.05, 3.63) is 30.3 Å². The zero-order chi connectivity index (χ0) is 14.5. The summed E-state index contributed by atoms with van der Waals surface area (Å²) in [5.74, 6) is 0. The van der Waals surface area contributed by atoms with E-state index < -0.39 is 0 Å². The van der Waals surface area contributed by atoms with Gasteiger partial charge in [-0.3, -0.25) is 0 Å². The summed E-state index contributed by atoms with van der Waals surface area (Å²) in [6.45, 7) is 3.02. The van der Waals surface area contributed by atoms with Gasteiger partial charge in [-0.05, 0) is 31.4 Å². The smallest absolute Gasteiger partial charge is 0.317 e. The number of carbonyl (C=O) groups excluding carboxylic acids is 1. The zero-order valence-corrected chi connectivity index (χ0v) is 12.3. The molecule has 2 amide bonds. The Kier molecular flexibility index (Phi) is 4.60. The lowest BCUT2D eigenvalue weighted by atomic mass is 10.2. The van der Waals surface area contributed by atoms with Gasteiger partial charge in [-0.25, -0.2) is 4.79 Å². The van der Waals surface area contributed by atoms with Gasteiger partial charge in [-0.2, -0.15) is 0 Å². The van der Waals surface area contributed by atoms with E-state index in [4.69, 9.17) is 4.74 Å². The van der Waals surface area contributed by atoms with Gasteiger partial charge in [0.1, 0.15) is 0 Å². The molecule has 2 aliphatic heterocycles. The Bertz CT molecular complexity index is 460. The number of urea groups is 1. The molecule has 2 heterocycles. The fraction of sp³-hybridized carbons (Fsp3) is 0.562. The number of para-hydroxylation sites is 1. The SMILES string of the molecule is O=C(NCC1CCCO1)N1CCC(Nc2ccccc2)C1. The number of carbonyl (C=O) groups is 1. The number of rotatable bonds is 4. The van der Waals surface area contributed by atoms with Crippen LogP contribution < -0.4 is 10.6 Å². The maximum Gasteiger partial charge on any atom is 0.317 e. The number of nitrogens with one attached hydrogen (secondary N) is 2. The molecule has 1 aromatic carbocycles. The summed E-state index contributed by atoms with van der Waals surface area (Å²) < 4.78 is 5.52. The monoisotopic (exact) mass is 289 g/mol. The predicted octanol–water partition coefficient (Wildman–Crippen LogP) is 2.06. The summed E-state index contributed by atoms with van der Waals surface area (Å²) in [6, 6.07) is 10.5. The first-order chi connectivity index (χ1) is 10.3. The molecule has 5 heteroatoms. The number of ether oxygens (including phenoxy) is 1. The van der Waals surface area contributed by atoms with Crippen LogP contribution in [0.25, 0.3) is 0 Å². The van der Waals surface area contributed by atoms with Crippen molar-refractivity contribution in [2.75, 3.05) is 31.6 Å². The molecule has 2 aliphatic rings. The second kappa shape index (κ2) is 6.80. The van der Waals surface area contributed by atoms with Crippen molar-refractivity contribution in [3.63, 3.8) is 0 Å². The molecule has 1 aromatic rings. The minimum absolute atomic E-state index is 0.0304. The average Bonchev–Trinajstić information content (AvgIpc) is 3.17. The predicted molar refractivity (Wildman–Crippen MR) is 82.4 cm³/mol. The third-order valence-electron chi connectivity index (χ3n) is 4.12. The molecule has 21 heavy (non-hydrogen) atoms. The highest BCUT2D eigenvalue weighted by atomic mass is 16.5. The second-order valence-electron chi connectivity index (χ2n) is 5.76. The highest BCUT2D eigenvalue weighted by Crippen LogP contribution is 2.16. The van der Waals surface area contributed by atoms with Gasteiger partial charge in [0.2, 0.25) is 0 Å². The number of nitrogens with zero attached hydrogens (tertiary/aromatic N) is 1. The van der Waals surface area contributed by atoms with Gasteiger partial charge in [-0.15, -0.1) is 0 Å². The second-order valence-corrected chi connectivity index (χ2v) is 5.76. The summed E-state index contributed by atoms with van der Waals surface area (Å²) in [5.41, 5.74) is 1.11. The normalized spacial score (nSPS) is 25.0. The van der Waals surface area contributed by atoms with Crippen LogP contribution in [0.4, 0.5) is 10.5 Å². The number of hydrogen-bond donors (Lipinski definition) is 2. The van der Waals surface area contributed by atoms with Crippen LogP contribution in [0.15, 0.2) is 30.3 Å². The third kappa shape index (κ3) is 3.88. The summed E-state index contributed by atoms with van der Waals surface area (Å²) in [4.78, 5) is 14.0. The van der Waals surface area contributed by atoms with E-state index in [0.29, 0.717) is 12.6 Å². The number of hydrogen-bond acceptors (Lipinski definition) is 3. The van der Waals surface area contributed by atoms with E-state index in [0.717, 1.165) is 44.6 Å². The van der Waals surface area contributed by atoms with Crippen LogP contribution in [-0.2, 0) is 4.74 Å². The summed E-state index contributed by atoms with van der Waals surface area (Å²) in [6.07, 6.45) is 3.35. The molecule has 114 valence electrons. The van der Waals surface area contributed by atoms with Crippen molar-refractivity contribution in [3.8, 4) is 0 Å². The molecule has 2 saturated heterocycles. The van der Waals surface area contributed by atoms with Crippen LogP contribution in [0.1, 0.15) is 19.3 Å². The van der Waals surface area contributed by atoms with Crippen molar-refractivity contribution in [2.24, 2.45) is 0 Å². The molecule has 0 aromatic heterocycles. The molecule has 0 bridgehead atoms. The van der Waals surface area contributed by atoms with E-state index in [2.05, 4.69) is 22.8 Å². The van der Waals surface area contributed by atoms with Crippen molar-refractivity contribution >= 4 is 11.7 Å². The molecular formula is C16H23N3O2. The van der Waals surface area contributed by atoms with E-state index >= 15 is 0 Å². The van der Waals surface area contributed by atoms with Gasteiger partial charge in [0.15, 0.2) is 0 Å². The topological polar surface area (TPSA) is 53.6 Å². The van der Waals surface area contributed by atoms with E-state index in [1.807, 2.05) is 23.1 Å². The maximum absolute atomic E-state index is 12.1. The largest absolute Gasteiger partial charge is 0.380 e. The first kappa shape index (κ1) is 14.2. The average molecular weight is 289 g/mol. The maximum atomic E-state index is 12.1. The Hall–Kier alpha value is -1.75. The van der Waals surface area contributed by atoms with Crippen LogP contribution in [0.3, 0.4) is 0 Å². The number of anilines is 1. The molecule has 0 aliphatic carbocycles. The van der Waals surface area contributed by atoms with Crippen LogP contribution in [0.5, 0.6) is 0 Å². The van der Waals surface area contributed by atoms with Gasteiger partial charge < -0.3 is 20.3 Å². The molecule has 2 N–H and O–H groups in total. The minimum atomic E-state index is 0.0304. The lowest BCUT2D eigenvalue weighted by Gasteiger charge is -2.19. The fourth-order valence-corrected chi connectivity index (χ4v) is 2.95. The first-order valence-corrected chi connectivity index (χ1v) is 7.77. The lowest BCUT2D eigenvalue weighted by molar-refractivity contribution is 0.109. The number of amides is 2. The third-order valence-corrected chi connectivity index (χ3v) is 4.12. The highest BCUT2D eigenvalue weighted by molar-refractivity contribution is 5.74. The van der Waals surface area contributed by atoms with Gasteiger partial charge in [0.05, 0.1) is 6.10 Å². The van der Waals surface area contributed by atoms with E-state index in [-0.39, 0.29) is 12.1 Å². The molecule has 0 spiro atoms. The minimum Gasteiger partial charge on any atom is -0.380 e. The summed E-state index contributed by atoms with van der Waals surface area (Å²) in [7, 11) is 0. The fourth-order valence-electron chi connectivity index (χ4n) is 2.95. The Morgan fingerprint density at radius 1 is 1.29 bits per heavy atom. The Morgan fingerprint density at radius 3 is 2.90 bits per heavy atom. The quantitative estimate of drug-likeness (QED) is 0.892. The Labute approximate surface area is 125 Å². The summed E-state index contributed by atoms with van der Waals surface area (Å²) >= 11 is 0. The molecule has 5 nitrogen and oxygen atoms in total. The zero-order valence-electron chi connectivity index (χ0n) is 12.3. The van der Waals surface area contributed by atoms with E-state index in [1.165, 1.54) is 0 Å². The van der Waals surface area contributed by atoms with Crippen molar-refractivity contribution in [2.45, 2.75) is 31.4 Å². The molecule has 2 unspecified atom stereocenters. The van der Waals surface area contributed by atoms with Gasteiger partial charge in [0.25, 0.3) is 0 Å². The van der Waals surface area contributed by atoms with Crippen LogP contribution in [0, 0.1) is 0 Å². The van der Waals surface area contributed by atoms with Gasteiger partial charge in [-0.1, -0.05) is 18.2 Å². The molecule has 0 saturated carbocycles. The molecule has 0 radical (unpaired) electrons. The van der Waals surface area contributed by atoms with Crippen LogP contribution in [-0.4, -0.2) is 49.3 Å². The van der Waals surface area contributed by atoms with Crippen molar-refractivity contribution in [1.82, 2.24) is 10.2 Å². The van der Waals surface area contributed by atoms with Crippen molar-refractivity contribution in [1.29, 1.82) is 0 Å². The summed E-state index contributed by atoms with van der Waals surface area (Å²) in [5, 5.41) is 6.46. The van der Waals surface area contributed by atoms with Gasteiger partial charge >= 0.3 is 6.03 Å². The molecule has 2 atom stereocenters. The van der Waals surface area contributed by atoms with E-state index in [1.54, 1.807) is 0 Å². The van der Waals surface area contributed by atoms with E-state index in [9.17, 15) is 4.79 Å². The molecule has 2 fully saturated rings. The van der Waals surface area contributed by atoms with Crippen LogP contribution >= 0.6 is 0 Å². The Morgan fingerprint density at radius 2 is 2.14 bits per heavy atom. The number of benzene rings is 1.